The van der Waals surface area contributed by atoms with Crippen molar-refractivity contribution in [1.82, 2.24) is 9.55 Å². The number of para-hydroxylation sites is 1. The Bertz CT molecular complexity index is 633. The van der Waals surface area contributed by atoms with E-state index in [1.165, 1.54) is 0 Å². The van der Waals surface area contributed by atoms with E-state index in [0.717, 1.165) is 30.7 Å². The van der Waals surface area contributed by atoms with Crippen LogP contribution in [0.3, 0.4) is 0 Å². The number of hydrogen-bond donors (Lipinski definition) is 1. The van der Waals surface area contributed by atoms with Gasteiger partial charge in [-0.15, -0.1) is 0 Å². The van der Waals surface area contributed by atoms with E-state index in [9.17, 15) is 4.79 Å². The molecule has 0 radical (unpaired) electrons. The second-order valence-electron chi connectivity index (χ2n) is 5.08. The van der Waals surface area contributed by atoms with Crippen molar-refractivity contribution in [3.8, 4) is 0 Å². The Morgan fingerprint density at radius 1 is 1.25 bits per heavy atom. The molecule has 20 heavy (non-hydrogen) atoms. The largest absolute Gasteiger partial charge is 0.338 e. The summed E-state index contributed by atoms with van der Waals surface area (Å²) >= 11 is 0. The molecule has 0 fully saturated rings. The van der Waals surface area contributed by atoms with Gasteiger partial charge in [0.2, 0.25) is 0 Å². The van der Waals surface area contributed by atoms with Crippen LogP contribution in [0.4, 0.5) is 0 Å². The molecule has 0 aliphatic rings. The summed E-state index contributed by atoms with van der Waals surface area (Å²) in [5, 5.41) is 3.01. The normalized spacial score (nSPS) is 12.8. The van der Waals surface area contributed by atoms with Gasteiger partial charge in [0.05, 0.1) is 17.4 Å². The van der Waals surface area contributed by atoms with Gasteiger partial charge in [0.15, 0.2) is 5.82 Å². The fraction of sp³-hybridized carbons (Fsp3) is 0.500. The molecule has 2 rings (SSSR count). The van der Waals surface area contributed by atoms with Crippen molar-refractivity contribution >= 4 is 10.9 Å². The van der Waals surface area contributed by atoms with Gasteiger partial charge < -0.3 is 5.32 Å². The van der Waals surface area contributed by atoms with Gasteiger partial charge >= 0.3 is 0 Å². The molecule has 0 aliphatic heterocycles. The lowest BCUT2D eigenvalue weighted by Gasteiger charge is -2.18. The number of quaternary nitrogens is 1. The van der Waals surface area contributed by atoms with Crippen LogP contribution in [0.2, 0.25) is 0 Å². The molecule has 2 aromatic rings. The smallest absolute Gasteiger partial charge is 0.261 e. The van der Waals surface area contributed by atoms with Gasteiger partial charge in [0.1, 0.15) is 6.04 Å². The summed E-state index contributed by atoms with van der Waals surface area (Å²) in [4.78, 5) is 17.3. The summed E-state index contributed by atoms with van der Waals surface area (Å²) in [6.07, 6.45) is 2.10. The summed E-state index contributed by atoms with van der Waals surface area (Å²) in [5.74, 6) is 0.909. The van der Waals surface area contributed by atoms with Crippen LogP contribution in [0.5, 0.6) is 0 Å². The van der Waals surface area contributed by atoms with Gasteiger partial charge in [-0.2, -0.15) is 0 Å². The molecule has 1 aromatic carbocycles. The standard InChI is InChI=1S/C16H23N3O/c1-4-11-17-13(5-2)15-18-14-10-8-7-9-12(14)16(20)19(15)6-3/h7-10,13,17H,4-6,11H2,1-3H3/p+1/t13-/m1/s1. The second kappa shape index (κ2) is 6.66. The lowest BCUT2D eigenvalue weighted by atomic mass is 10.1. The molecular formula is C16H24N3O+. The summed E-state index contributed by atoms with van der Waals surface area (Å²) in [7, 11) is 0. The Morgan fingerprint density at radius 3 is 2.65 bits per heavy atom. The van der Waals surface area contributed by atoms with Gasteiger partial charge in [-0.25, -0.2) is 4.98 Å². The van der Waals surface area contributed by atoms with Crippen LogP contribution in [-0.4, -0.2) is 16.1 Å². The van der Waals surface area contributed by atoms with Gasteiger partial charge in [0.25, 0.3) is 5.56 Å². The van der Waals surface area contributed by atoms with Gasteiger partial charge in [-0.1, -0.05) is 26.0 Å². The highest BCUT2D eigenvalue weighted by molar-refractivity contribution is 5.77. The maximum Gasteiger partial charge on any atom is 0.261 e. The van der Waals surface area contributed by atoms with Crippen molar-refractivity contribution in [3.05, 3.63) is 40.4 Å². The average Bonchev–Trinajstić information content (AvgIpc) is 2.48. The lowest BCUT2D eigenvalue weighted by molar-refractivity contribution is -0.697. The molecule has 0 bridgehead atoms. The Hall–Kier alpha value is -1.68. The predicted octanol–water partition coefficient (Wildman–Crippen LogP) is 1.84. The molecule has 108 valence electrons. The first-order chi connectivity index (χ1) is 9.72. The fourth-order valence-corrected chi connectivity index (χ4v) is 2.60. The molecule has 0 amide bonds. The van der Waals surface area contributed by atoms with Crippen LogP contribution >= 0.6 is 0 Å². The molecule has 0 spiro atoms. The Balaban J connectivity index is 2.58. The minimum atomic E-state index is 0.0800. The number of nitrogens with zero attached hydrogens (tertiary/aromatic N) is 2. The second-order valence-corrected chi connectivity index (χ2v) is 5.08. The van der Waals surface area contributed by atoms with Gasteiger partial charge in [0, 0.05) is 13.0 Å². The molecule has 1 aromatic heterocycles. The van der Waals surface area contributed by atoms with E-state index >= 15 is 0 Å². The highest BCUT2D eigenvalue weighted by Gasteiger charge is 2.20. The number of nitrogens with two attached hydrogens (primary N) is 1. The first kappa shape index (κ1) is 14.7. The van der Waals surface area contributed by atoms with E-state index < -0.39 is 0 Å². The van der Waals surface area contributed by atoms with E-state index in [1.807, 2.05) is 35.8 Å². The first-order valence-corrected chi connectivity index (χ1v) is 7.55. The monoisotopic (exact) mass is 274 g/mol. The highest BCUT2D eigenvalue weighted by Crippen LogP contribution is 2.13. The van der Waals surface area contributed by atoms with Crippen molar-refractivity contribution < 1.29 is 5.32 Å². The summed E-state index contributed by atoms with van der Waals surface area (Å²) in [6.45, 7) is 8.06. The van der Waals surface area contributed by atoms with Crippen molar-refractivity contribution in [1.29, 1.82) is 0 Å². The van der Waals surface area contributed by atoms with Crippen LogP contribution in [0.15, 0.2) is 29.1 Å². The maximum absolute atomic E-state index is 12.6. The van der Waals surface area contributed by atoms with E-state index in [4.69, 9.17) is 4.98 Å². The van der Waals surface area contributed by atoms with Gasteiger partial charge in [-0.05, 0) is 25.5 Å². The van der Waals surface area contributed by atoms with E-state index in [-0.39, 0.29) is 11.6 Å². The summed E-state index contributed by atoms with van der Waals surface area (Å²) in [5.41, 5.74) is 0.886. The molecule has 0 saturated carbocycles. The number of rotatable bonds is 6. The molecule has 0 saturated heterocycles. The number of fused-ring (bicyclic) bond motifs is 1. The quantitative estimate of drug-likeness (QED) is 0.874. The zero-order valence-electron chi connectivity index (χ0n) is 12.6. The average molecular weight is 274 g/mol. The van der Waals surface area contributed by atoms with E-state index in [2.05, 4.69) is 19.2 Å². The predicted molar refractivity (Wildman–Crippen MR) is 81.8 cm³/mol. The number of hydrogen-bond acceptors (Lipinski definition) is 2. The van der Waals surface area contributed by atoms with Crippen LogP contribution < -0.4 is 10.9 Å². The molecule has 1 atom stereocenters. The highest BCUT2D eigenvalue weighted by atomic mass is 16.1. The molecule has 2 N–H and O–H groups in total. The number of aromatic nitrogens is 2. The number of benzene rings is 1. The first-order valence-electron chi connectivity index (χ1n) is 7.55. The zero-order chi connectivity index (χ0) is 14.5. The molecule has 0 aliphatic carbocycles. The molecule has 4 heteroatoms. The van der Waals surface area contributed by atoms with Crippen LogP contribution in [0.1, 0.15) is 45.5 Å². The molecular weight excluding hydrogens is 250 g/mol. The van der Waals surface area contributed by atoms with Gasteiger partial charge in [-0.3, -0.25) is 9.36 Å². The summed E-state index contributed by atoms with van der Waals surface area (Å²) < 4.78 is 1.82. The van der Waals surface area contributed by atoms with Crippen molar-refractivity contribution in [2.75, 3.05) is 6.54 Å². The van der Waals surface area contributed by atoms with E-state index in [0.29, 0.717) is 11.9 Å². The molecule has 4 nitrogen and oxygen atoms in total. The van der Waals surface area contributed by atoms with Crippen LogP contribution in [0.25, 0.3) is 10.9 Å². The summed E-state index contributed by atoms with van der Waals surface area (Å²) in [6, 6.07) is 7.87. The Kier molecular flexibility index (Phi) is 4.90. The van der Waals surface area contributed by atoms with Crippen molar-refractivity contribution in [3.63, 3.8) is 0 Å². The van der Waals surface area contributed by atoms with Crippen molar-refractivity contribution in [2.45, 2.75) is 46.2 Å². The SMILES string of the molecule is CCC[NH2+][C@H](CC)c1nc2ccccc2c(=O)n1CC. The molecule has 0 unspecified atom stereocenters. The van der Waals surface area contributed by atoms with Crippen LogP contribution in [-0.2, 0) is 6.54 Å². The van der Waals surface area contributed by atoms with Crippen molar-refractivity contribution in [2.24, 2.45) is 0 Å². The van der Waals surface area contributed by atoms with Crippen LogP contribution in [0, 0.1) is 0 Å². The maximum atomic E-state index is 12.6. The zero-order valence-corrected chi connectivity index (χ0v) is 12.6. The Morgan fingerprint density at radius 2 is 2.00 bits per heavy atom. The third-order valence-corrected chi connectivity index (χ3v) is 3.72. The minimum absolute atomic E-state index is 0.0800. The Labute approximate surface area is 119 Å². The third-order valence-electron chi connectivity index (χ3n) is 3.72. The fourth-order valence-electron chi connectivity index (χ4n) is 2.60. The van der Waals surface area contributed by atoms with E-state index in [1.54, 1.807) is 0 Å². The lowest BCUT2D eigenvalue weighted by Crippen LogP contribution is -2.85. The minimum Gasteiger partial charge on any atom is -0.338 e. The topological polar surface area (TPSA) is 51.5 Å². The third kappa shape index (κ3) is 2.75. The molecule has 1 heterocycles.